The van der Waals surface area contributed by atoms with Crippen molar-refractivity contribution in [2.45, 2.75) is 58.4 Å². The molecule has 112 valence electrons. The fourth-order valence-electron chi connectivity index (χ4n) is 2.77. The van der Waals surface area contributed by atoms with Gasteiger partial charge in [-0.1, -0.05) is 25.4 Å². The van der Waals surface area contributed by atoms with E-state index in [0.717, 1.165) is 43.0 Å². The molecule has 1 fully saturated rings. The lowest BCUT2D eigenvalue weighted by atomic mass is 10.1. The SMILES string of the molecule is Cc1c(Cl)nc(C(C)C)nc1N1CCCC1CCCO. The first kappa shape index (κ1) is 15.5. The Morgan fingerprint density at radius 2 is 2.15 bits per heavy atom. The first-order valence-corrected chi connectivity index (χ1v) is 7.84. The van der Waals surface area contributed by atoms with Gasteiger partial charge in [0.15, 0.2) is 0 Å². The number of rotatable bonds is 5. The molecule has 0 radical (unpaired) electrons. The second kappa shape index (κ2) is 6.72. The minimum absolute atomic E-state index is 0.255. The molecule has 1 saturated heterocycles. The Labute approximate surface area is 126 Å². The number of halogens is 1. The van der Waals surface area contributed by atoms with Crippen LogP contribution in [-0.2, 0) is 0 Å². The summed E-state index contributed by atoms with van der Waals surface area (Å²) in [5, 5.41) is 9.60. The first-order valence-electron chi connectivity index (χ1n) is 7.46. The van der Waals surface area contributed by atoms with Crippen LogP contribution in [0.4, 0.5) is 5.82 Å². The predicted molar refractivity (Wildman–Crippen MR) is 82.6 cm³/mol. The van der Waals surface area contributed by atoms with Crippen LogP contribution in [-0.4, -0.2) is 34.3 Å². The van der Waals surface area contributed by atoms with Crippen LogP contribution in [0, 0.1) is 6.92 Å². The molecule has 0 bridgehead atoms. The van der Waals surface area contributed by atoms with Crippen LogP contribution in [0.1, 0.15) is 56.8 Å². The maximum absolute atomic E-state index is 9.03. The fraction of sp³-hybridized carbons (Fsp3) is 0.733. The summed E-state index contributed by atoms with van der Waals surface area (Å²) in [6.45, 7) is 7.42. The van der Waals surface area contributed by atoms with Gasteiger partial charge in [0.1, 0.15) is 16.8 Å². The average Bonchev–Trinajstić information content (AvgIpc) is 2.87. The van der Waals surface area contributed by atoms with Crippen LogP contribution < -0.4 is 4.90 Å². The molecular weight excluding hydrogens is 274 g/mol. The summed E-state index contributed by atoms with van der Waals surface area (Å²) in [6, 6.07) is 0.465. The zero-order valence-electron chi connectivity index (χ0n) is 12.6. The Bertz CT molecular complexity index is 465. The third-order valence-electron chi connectivity index (χ3n) is 3.94. The van der Waals surface area contributed by atoms with Gasteiger partial charge in [-0.25, -0.2) is 9.97 Å². The maximum Gasteiger partial charge on any atom is 0.137 e. The molecule has 1 N–H and O–H groups in total. The van der Waals surface area contributed by atoms with Crippen LogP contribution >= 0.6 is 11.6 Å². The maximum atomic E-state index is 9.03. The minimum atomic E-state index is 0.255. The van der Waals surface area contributed by atoms with E-state index in [1.54, 1.807) is 0 Å². The number of aliphatic hydroxyl groups is 1. The van der Waals surface area contributed by atoms with E-state index in [4.69, 9.17) is 21.7 Å². The normalized spacial score (nSPS) is 19.1. The van der Waals surface area contributed by atoms with Crippen LogP contribution in [0.25, 0.3) is 0 Å². The lowest BCUT2D eigenvalue weighted by Crippen LogP contribution is -2.31. The van der Waals surface area contributed by atoms with Gasteiger partial charge in [-0.2, -0.15) is 0 Å². The summed E-state index contributed by atoms with van der Waals surface area (Å²) in [5.74, 6) is 2.06. The van der Waals surface area contributed by atoms with Crippen molar-refractivity contribution >= 4 is 17.4 Å². The fourth-order valence-corrected chi connectivity index (χ4v) is 2.94. The molecular formula is C15H24ClN3O. The van der Waals surface area contributed by atoms with Crippen molar-refractivity contribution in [3.8, 4) is 0 Å². The lowest BCUT2D eigenvalue weighted by Gasteiger charge is -2.28. The molecule has 4 nitrogen and oxygen atoms in total. The Balaban J connectivity index is 2.30. The van der Waals surface area contributed by atoms with Crippen molar-refractivity contribution in [2.75, 3.05) is 18.1 Å². The van der Waals surface area contributed by atoms with Gasteiger partial charge in [-0.05, 0) is 32.6 Å². The molecule has 0 aliphatic carbocycles. The van der Waals surface area contributed by atoms with Crippen LogP contribution in [0.5, 0.6) is 0 Å². The monoisotopic (exact) mass is 297 g/mol. The van der Waals surface area contributed by atoms with E-state index in [1.807, 2.05) is 6.92 Å². The van der Waals surface area contributed by atoms with Gasteiger partial charge in [-0.15, -0.1) is 0 Å². The van der Waals surface area contributed by atoms with E-state index in [0.29, 0.717) is 11.2 Å². The average molecular weight is 298 g/mol. The number of anilines is 1. The summed E-state index contributed by atoms with van der Waals surface area (Å²) < 4.78 is 0. The van der Waals surface area contributed by atoms with Gasteiger partial charge in [-0.3, -0.25) is 0 Å². The standard InChI is InChI=1S/C15H24ClN3O/c1-10(2)14-17-13(16)11(3)15(18-14)19-8-4-6-12(19)7-5-9-20/h10,12,20H,4-9H2,1-3H3. The molecule has 0 aromatic carbocycles. The quantitative estimate of drug-likeness (QED) is 0.847. The molecule has 2 rings (SSSR count). The van der Waals surface area contributed by atoms with Crippen molar-refractivity contribution in [2.24, 2.45) is 0 Å². The number of nitrogens with zero attached hydrogens (tertiary/aromatic N) is 3. The molecule has 0 amide bonds. The molecule has 1 aromatic rings. The second-order valence-corrected chi connectivity index (χ2v) is 6.19. The predicted octanol–water partition coefficient (Wildman–Crippen LogP) is 3.30. The van der Waals surface area contributed by atoms with Gasteiger partial charge in [0.2, 0.25) is 0 Å². The molecule has 1 atom stereocenters. The highest BCUT2D eigenvalue weighted by molar-refractivity contribution is 6.30. The van der Waals surface area contributed by atoms with Gasteiger partial charge in [0.25, 0.3) is 0 Å². The van der Waals surface area contributed by atoms with Crippen LogP contribution in [0.2, 0.25) is 5.15 Å². The summed E-state index contributed by atoms with van der Waals surface area (Å²) in [4.78, 5) is 11.5. The van der Waals surface area contributed by atoms with Gasteiger partial charge < -0.3 is 10.0 Å². The second-order valence-electron chi connectivity index (χ2n) is 5.83. The van der Waals surface area contributed by atoms with E-state index in [2.05, 4.69) is 23.7 Å². The summed E-state index contributed by atoms with van der Waals surface area (Å²) in [7, 11) is 0. The Hall–Kier alpha value is -0.870. The molecule has 20 heavy (non-hydrogen) atoms. The van der Waals surface area contributed by atoms with Gasteiger partial charge in [0.05, 0.1) is 0 Å². The van der Waals surface area contributed by atoms with E-state index < -0.39 is 0 Å². The third-order valence-corrected chi connectivity index (χ3v) is 4.31. The van der Waals surface area contributed by atoms with Crippen molar-refractivity contribution in [3.63, 3.8) is 0 Å². The first-order chi connectivity index (χ1) is 9.54. The topological polar surface area (TPSA) is 49.2 Å². The molecule has 0 spiro atoms. The van der Waals surface area contributed by atoms with Crippen molar-refractivity contribution in [1.82, 2.24) is 9.97 Å². The largest absolute Gasteiger partial charge is 0.396 e. The van der Waals surface area contributed by atoms with Crippen molar-refractivity contribution < 1.29 is 5.11 Å². The summed E-state index contributed by atoms with van der Waals surface area (Å²) in [6.07, 6.45) is 4.19. The highest BCUT2D eigenvalue weighted by Crippen LogP contribution is 2.32. The van der Waals surface area contributed by atoms with Gasteiger partial charge in [0, 0.05) is 30.7 Å². The third kappa shape index (κ3) is 3.23. The smallest absolute Gasteiger partial charge is 0.137 e. The Morgan fingerprint density at radius 1 is 1.40 bits per heavy atom. The van der Waals surface area contributed by atoms with E-state index in [-0.39, 0.29) is 12.5 Å². The lowest BCUT2D eigenvalue weighted by molar-refractivity contribution is 0.279. The van der Waals surface area contributed by atoms with E-state index in [1.165, 1.54) is 6.42 Å². The highest BCUT2D eigenvalue weighted by atomic mass is 35.5. The number of aliphatic hydroxyl groups excluding tert-OH is 1. The minimum Gasteiger partial charge on any atom is -0.396 e. The summed E-state index contributed by atoms with van der Waals surface area (Å²) in [5.41, 5.74) is 0.965. The zero-order chi connectivity index (χ0) is 14.7. The zero-order valence-corrected chi connectivity index (χ0v) is 13.3. The molecule has 0 saturated carbocycles. The van der Waals surface area contributed by atoms with E-state index in [9.17, 15) is 0 Å². The molecule has 5 heteroatoms. The summed E-state index contributed by atoms with van der Waals surface area (Å²) >= 11 is 6.28. The van der Waals surface area contributed by atoms with Crippen molar-refractivity contribution in [1.29, 1.82) is 0 Å². The Kier molecular flexibility index (Phi) is 5.22. The van der Waals surface area contributed by atoms with E-state index >= 15 is 0 Å². The number of hydrogen-bond donors (Lipinski definition) is 1. The molecule has 2 heterocycles. The number of hydrogen-bond acceptors (Lipinski definition) is 4. The Morgan fingerprint density at radius 3 is 2.80 bits per heavy atom. The highest BCUT2D eigenvalue weighted by Gasteiger charge is 2.27. The van der Waals surface area contributed by atoms with Crippen molar-refractivity contribution in [3.05, 3.63) is 16.5 Å². The molecule has 1 unspecified atom stereocenters. The number of aromatic nitrogens is 2. The van der Waals surface area contributed by atoms with Gasteiger partial charge >= 0.3 is 0 Å². The molecule has 1 aliphatic heterocycles. The van der Waals surface area contributed by atoms with Crippen LogP contribution in [0.15, 0.2) is 0 Å². The van der Waals surface area contributed by atoms with Crippen LogP contribution in [0.3, 0.4) is 0 Å². The molecule has 1 aromatic heterocycles. The molecule has 1 aliphatic rings.